The third-order valence-corrected chi connectivity index (χ3v) is 6.09. The first kappa shape index (κ1) is 18.8. The van der Waals surface area contributed by atoms with Gasteiger partial charge in [-0.25, -0.2) is 13.1 Å². The summed E-state index contributed by atoms with van der Waals surface area (Å²) < 4.78 is 32.9. The van der Waals surface area contributed by atoms with Crippen LogP contribution in [0.25, 0.3) is 0 Å². The second-order valence-corrected chi connectivity index (χ2v) is 8.22. The van der Waals surface area contributed by atoms with Gasteiger partial charge < -0.3 is 14.5 Å². The standard InChI is InChI=1S/C17H23N3O5S/c21-13-19-6-8-20(9-7-19)17(22)14-3-1-5-16(11-14)26(23,24)18-12-15-4-2-10-25-15/h1,3,5,11,13,15,18H,2,4,6-10,12H2. The van der Waals surface area contributed by atoms with Gasteiger partial charge in [-0.15, -0.1) is 0 Å². The lowest BCUT2D eigenvalue weighted by atomic mass is 10.2. The van der Waals surface area contributed by atoms with Crippen molar-refractivity contribution in [2.75, 3.05) is 39.3 Å². The molecule has 0 aliphatic carbocycles. The molecule has 1 aromatic carbocycles. The minimum Gasteiger partial charge on any atom is -0.377 e. The van der Waals surface area contributed by atoms with E-state index in [1.54, 1.807) is 21.9 Å². The molecule has 2 amide bonds. The summed E-state index contributed by atoms with van der Waals surface area (Å²) in [6.07, 6.45) is 2.46. The van der Waals surface area contributed by atoms with Gasteiger partial charge in [-0.3, -0.25) is 9.59 Å². The normalized spacial score (nSPS) is 21.0. The molecule has 1 unspecified atom stereocenters. The smallest absolute Gasteiger partial charge is 0.254 e. The Bertz CT molecular complexity index is 753. The number of nitrogens with one attached hydrogen (secondary N) is 1. The summed E-state index contributed by atoms with van der Waals surface area (Å²) in [4.78, 5) is 26.7. The first-order chi connectivity index (χ1) is 12.5. The molecule has 9 heteroatoms. The molecule has 0 saturated carbocycles. The zero-order valence-electron chi connectivity index (χ0n) is 14.5. The maximum atomic E-state index is 12.6. The number of piperazine rings is 1. The van der Waals surface area contributed by atoms with Crippen LogP contribution in [0.15, 0.2) is 29.2 Å². The van der Waals surface area contributed by atoms with Crippen LogP contribution in [0.5, 0.6) is 0 Å². The third-order valence-electron chi connectivity index (χ3n) is 4.67. The number of ether oxygens (including phenoxy) is 1. The highest BCUT2D eigenvalue weighted by molar-refractivity contribution is 7.89. The predicted octanol–water partition coefficient (Wildman–Crippen LogP) is 0.0581. The lowest BCUT2D eigenvalue weighted by molar-refractivity contribution is -0.119. The average Bonchev–Trinajstić information content (AvgIpc) is 3.20. The zero-order valence-corrected chi connectivity index (χ0v) is 15.3. The van der Waals surface area contributed by atoms with Crippen LogP contribution in [-0.4, -0.2) is 76.0 Å². The van der Waals surface area contributed by atoms with Gasteiger partial charge in [0.25, 0.3) is 5.91 Å². The fourth-order valence-electron chi connectivity index (χ4n) is 3.10. The number of carbonyl (C=O) groups is 2. The topological polar surface area (TPSA) is 96.0 Å². The minimum atomic E-state index is -3.70. The molecule has 1 aromatic rings. The molecular formula is C17H23N3O5S. The molecule has 2 fully saturated rings. The van der Waals surface area contributed by atoms with E-state index in [1.165, 1.54) is 12.1 Å². The fraction of sp³-hybridized carbons (Fsp3) is 0.529. The van der Waals surface area contributed by atoms with Crippen molar-refractivity contribution < 1.29 is 22.7 Å². The number of sulfonamides is 1. The van der Waals surface area contributed by atoms with Crippen LogP contribution in [-0.2, 0) is 19.6 Å². The van der Waals surface area contributed by atoms with Crippen LogP contribution >= 0.6 is 0 Å². The van der Waals surface area contributed by atoms with Crippen molar-refractivity contribution >= 4 is 22.3 Å². The van der Waals surface area contributed by atoms with Gasteiger partial charge in [0.05, 0.1) is 11.0 Å². The summed E-state index contributed by atoms with van der Waals surface area (Å²) in [6.45, 7) is 2.73. The highest BCUT2D eigenvalue weighted by atomic mass is 32.2. The van der Waals surface area contributed by atoms with E-state index in [0.29, 0.717) is 38.3 Å². The molecule has 2 aliphatic rings. The first-order valence-corrected chi connectivity index (χ1v) is 10.2. The van der Waals surface area contributed by atoms with Crippen molar-refractivity contribution in [1.29, 1.82) is 0 Å². The zero-order chi connectivity index (χ0) is 18.6. The number of hydrogen-bond donors (Lipinski definition) is 1. The van der Waals surface area contributed by atoms with Gasteiger partial charge in [0.2, 0.25) is 16.4 Å². The summed E-state index contributed by atoms with van der Waals surface area (Å²) in [7, 11) is -3.70. The molecule has 0 radical (unpaired) electrons. The second kappa shape index (κ2) is 8.15. The van der Waals surface area contributed by atoms with Crippen molar-refractivity contribution in [1.82, 2.24) is 14.5 Å². The van der Waals surface area contributed by atoms with Crippen LogP contribution in [0.2, 0.25) is 0 Å². The number of hydrogen-bond acceptors (Lipinski definition) is 5. The Morgan fingerprint density at radius 3 is 2.69 bits per heavy atom. The van der Waals surface area contributed by atoms with Crippen molar-refractivity contribution in [3.8, 4) is 0 Å². The molecule has 8 nitrogen and oxygen atoms in total. The lowest BCUT2D eigenvalue weighted by Crippen LogP contribution is -2.48. The van der Waals surface area contributed by atoms with E-state index >= 15 is 0 Å². The first-order valence-electron chi connectivity index (χ1n) is 8.69. The number of amides is 2. The average molecular weight is 381 g/mol. The number of rotatable bonds is 6. The molecule has 0 bridgehead atoms. The summed E-state index contributed by atoms with van der Waals surface area (Å²) >= 11 is 0. The monoisotopic (exact) mass is 381 g/mol. The van der Waals surface area contributed by atoms with E-state index in [9.17, 15) is 18.0 Å². The number of carbonyl (C=O) groups excluding carboxylic acids is 2. The molecule has 2 aliphatic heterocycles. The molecule has 3 rings (SSSR count). The van der Waals surface area contributed by atoms with Gasteiger partial charge in [-0.2, -0.15) is 0 Å². The van der Waals surface area contributed by atoms with Crippen LogP contribution in [0.4, 0.5) is 0 Å². The molecule has 26 heavy (non-hydrogen) atoms. The third kappa shape index (κ3) is 4.40. The maximum absolute atomic E-state index is 12.6. The largest absolute Gasteiger partial charge is 0.377 e. The highest BCUT2D eigenvalue weighted by Gasteiger charge is 2.24. The SMILES string of the molecule is O=CN1CCN(C(=O)c2cccc(S(=O)(=O)NCC3CCCO3)c2)CC1. The van der Waals surface area contributed by atoms with E-state index in [-0.39, 0.29) is 23.5 Å². The molecule has 2 saturated heterocycles. The predicted molar refractivity (Wildman–Crippen MR) is 94.1 cm³/mol. The van der Waals surface area contributed by atoms with Crippen molar-refractivity contribution in [3.05, 3.63) is 29.8 Å². The van der Waals surface area contributed by atoms with E-state index < -0.39 is 10.0 Å². The van der Waals surface area contributed by atoms with Crippen LogP contribution in [0, 0.1) is 0 Å². The van der Waals surface area contributed by atoms with Gasteiger partial charge in [-0.1, -0.05) is 6.07 Å². The van der Waals surface area contributed by atoms with Gasteiger partial charge in [0, 0.05) is 44.9 Å². The number of benzene rings is 1. The van der Waals surface area contributed by atoms with Crippen molar-refractivity contribution in [2.24, 2.45) is 0 Å². The Morgan fingerprint density at radius 1 is 1.27 bits per heavy atom. The van der Waals surface area contributed by atoms with Gasteiger partial charge >= 0.3 is 0 Å². The molecule has 0 aromatic heterocycles. The highest BCUT2D eigenvalue weighted by Crippen LogP contribution is 2.16. The summed E-state index contributed by atoms with van der Waals surface area (Å²) in [5.74, 6) is -0.230. The summed E-state index contributed by atoms with van der Waals surface area (Å²) in [5, 5.41) is 0. The van der Waals surface area contributed by atoms with Crippen LogP contribution < -0.4 is 4.72 Å². The van der Waals surface area contributed by atoms with E-state index in [2.05, 4.69) is 4.72 Å². The van der Waals surface area contributed by atoms with E-state index in [4.69, 9.17) is 4.74 Å². The van der Waals surface area contributed by atoms with Gasteiger partial charge in [0.15, 0.2) is 0 Å². The lowest BCUT2D eigenvalue weighted by Gasteiger charge is -2.32. The van der Waals surface area contributed by atoms with E-state index in [1.807, 2.05) is 0 Å². The Labute approximate surface area is 153 Å². The van der Waals surface area contributed by atoms with Crippen LogP contribution in [0.3, 0.4) is 0 Å². The minimum absolute atomic E-state index is 0.0628. The van der Waals surface area contributed by atoms with E-state index in [0.717, 1.165) is 19.3 Å². The van der Waals surface area contributed by atoms with Gasteiger partial charge in [-0.05, 0) is 31.0 Å². The Kier molecular flexibility index (Phi) is 5.90. The molecule has 0 spiro atoms. The quantitative estimate of drug-likeness (QED) is 0.703. The molecular weight excluding hydrogens is 358 g/mol. The van der Waals surface area contributed by atoms with Crippen LogP contribution in [0.1, 0.15) is 23.2 Å². The van der Waals surface area contributed by atoms with Crippen molar-refractivity contribution in [2.45, 2.75) is 23.8 Å². The number of nitrogens with zero attached hydrogens (tertiary/aromatic N) is 2. The fourth-order valence-corrected chi connectivity index (χ4v) is 4.21. The summed E-state index contributed by atoms with van der Waals surface area (Å²) in [5.41, 5.74) is 0.324. The molecule has 1 atom stereocenters. The Balaban J connectivity index is 1.67. The Hall–Kier alpha value is -1.97. The molecule has 1 N–H and O–H groups in total. The van der Waals surface area contributed by atoms with Crippen molar-refractivity contribution in [3.63, 3.8) is 0 Å². The van der Waals surface area contributed by atoms with Gasteiger partial charge in [0.1, 0.15) is 0 Å². The summed E-state index contributed by atoms with van der Waals surface area (Å²) in [6, 6.07) is 6.04. The maximum Gasteiger partial charge on any atom is 0.254 e. The second-order valence-electron chi connectivity index (χ2n) is 6.45. The molecule has 2 heterocycles. The Morgan fingerprint density at radius 2 is 2.04 bits per heavy atom. The molecule has 142 valence electrons.